The van der Waals surface area contributed by atoms with Gasteiger partial charge in [-0.25, -0.2) is 0 Å². The first-order chi connectivity index (χ1) is 10.1. The van der Waals surface area contributed by atoms with Crippen molar-refractivity contribution in [3.63, 3.8) is 0 Å². The highest BCUT2D eigenvalue weighted by Gasteiger charge is 2.20. The fraction of sp³-hybridized carbons (Fsp3) is 0.278. The Kier molecular flexibility index (Phi) is 5.12. The quantitative estimate of drug-likeness (QED) is 0.856. The summed E-state index contributed by atoms with van der Waals surface area (Å²) in [5.41, 5.74) is 9.41. The molecule has 110 valence electrons. The Labute approximate surface area is 125 Å². The van der Waals surface area contributed by atoms with Crippen molar-refractivity contribution in [2.75, 3.05) is 7.11 Å². The molecule has 0 spiro atoms. The Morgan fingerprint density at radius 1 is 1.05 bits per heavy atom. The molecule has 2 atom stereocenters. The number of ether oxygens (including phenoxy) is 1. The monoisotopic (exact) mass is 283 g/mol. The molecular formula is C18H21NO2. The third kappa shape index (κ3) is 3.92. The van der Waals surface area contributed by atoms with Gasteiger partial charge in [-0.15, -0.1) is 0 Å². The highest BCUT2D eigenvalue weighted by molar-refractivity contribution is 5.71. The molecule has 0 bridgehead atoms. The second-order valence-corrected chi connectivity index (χ2v) is 5.23. The largest absolute Gasteiger partial charge is 0.469 e. The average molecular weight is 283 g/mol. The third-order valence-electron chi connectivity index (χ3n) is 3.69. The Morgan fingerprint density at radius 2 is 1.62 bits per heavy atom. The zero-order valence-electron chi connectivity index (χ0n) is 12.5. The lowest BCUT2D eigenvalue weighted by Gasteiger charge is -2.20. The highest BCUT2D eigenvalue weighted by atomic mass is 16.5. The van der Waals surface area contributed by atoms with E-state index in [2.05, 4.69) is 24.3 Å². The number of hydrogen-bond donors (Lipinski definition) is 1. The fourth-order valence-corrected chi connectivity index (χ4v) is 2.42. The van der Waals surface area contributed by atoms with Crippen LogP contribution in [0.1, 0.15) is 24.8 Å². The third-order valence-corrected chi connectivity index (χ3v) is 3.69. The lowest BCUT2D eigenvalue weighted by atomic mass is 9.89. The minimum Gasteiger partial charge on any atom is -0.469 e. The molecule has 0 aromatic heterocycles. The average Bonchev–Trinajstić information content (AvgIpc) is 2.53. The van der Waals surface area contributed by atoms with Crippen LogP contribution in [0.2, 0.25) is 0 Å². The zero-order valence-corrected chi connectivity index (χ0v) is 12.5. The van der Waals surface area contributed by atoms with Crippen molar-refractivity contribution in [2.24, 2.45) is 5.73 Å². The Hall–Kier alpha value is -2.13. The van der Waals surface area contributed by atoms with Gasteiger partial charge in [-0.3, -0.25) is 4.79 Å². The van der Waals surface area contributed by atoms with Crippen LogP contribution in [-0.4, -0.2) is 19.1 Å². The molecule has 2 aromatic rings. The molecule has 0 saturated heterocycles. The Bertz CT molecular complexity index is 576. The lowest BCUT2D eigenvalue weighted by Crippen LogP contribution is -2.27. The molecule has 21 heavy (non-hydrogen) atoms. The van der Waals surface area contributed by atoms with E-state index in [0.717, 1.165) is 11.1 Å². The van der Waals surface area contributed by atoms with Gasteiger partial charge in [0.2, 0.25) is 0 Å². The van der Waals surface area contributed by atoms with E-state index in [1.54, 1.807) is 0 Å². The number of rotatable bonds is 5. The van der Waals surface area contributed by atoms with Crippen LogP contribution in [0.4, 0.5) is 0 Å². The molecule has 0 aliphatic carbocycles. The van der Waals surface area contributed by atoms with Crippen LogP contribution >= 0.6 is 0 Å². The van der Waals surface area contributed by atoms with Gasteiger partial charge in [-0.05, 0) is 23.6 Å². The van der Waals surface area contributed by atoms with Gasteiger partial charge in [-0.2, -0.15) is 0 Å². The van der Waals surface area contributed by atoms with Crippen LogP contribution in [0.5, 0.6) is 0 Å². The number of benzene rings is 2. The summed E-state index contributed by atoms with van der Waals surface area (Å²) in [6.45, 7) is 1.92. The summed E-state index contributed by atoms with van der Waals surface area (Å²) in [6, 6.07) is 18.3. The summed E-state index contributed by atoms with van der Waals surface area (Å²) >= 11 is 0. The fourth-order valence-electron chi connectivity index (χ4n) is 2.42. The molecule has 3 heteroatoms. The van der Waals surface area contributed by atoms with Crippen molar-refractivity contribution in [3.05, 3.63) is 60.2 Å². The van der Waals surface area contributed by atoms with Crippen LogP contribution in [-0.2, 0) is 9.53 Å². The van der Waals surface area contributed by atoms with Crippen LogP contribution in [0.3, 0.4) is 0 Å². The topological polar surface area (TPSA) is 52.3 Å². The Balaban J connectivity index is 2.22. The summed E-state index contributed by atoms with van der Waals surface area (Å²) in [5, 5.41) is 0. The molecule has 0 heterocycles. The van der Waals surface area contributed by atoms with Gasteiger partial charge in [0.05, 0.1) is 13.5 Å². The van der Waals surface area contributed by atoms with E-state index < -0.39 is 0 Å². The molecule has 0 radical (unpaired) electrons. The predicted octanol–water partition coefficient (Wildman–Crippen LogP) is 3.35. The number of hydrogen-bond acceptors (Lipinski definition) is 3. The van der Waals surface area contributed by atoms with Crippen molar-refractivity contribution < 1.29 is 9.53 Å². The van der Waals surface area contributed by atoms with Crippen molar-refractivity contribution in [1.82, 2.24) is 0 Å². The Morgan fingerprint density at radius 3 is 2.14 bits per heavy atom. The molecule has 0 fully saturated rings. The first kappa shape index (κ1) is 15.3. The van der Waals surface area contributed by atoms with Crippen LogP contribution in [0, 0.1) is 0 Å². The maximum atomic E-state index is 11.5. The van der Waals surface area contributed by atoms with Gasteiger partial charge in [0.15, 0.2) is 0 Å². The summed E-state index contributed by atoms with van der Waals surface area (Å²) in [5.74, 6) is -0.258. The van der Waals surface area contributed by atoms with Crippen LogP contribution < -0.4 is 5.73 Å². The smallest absolute Gasteiger partial charge is 0.306 e. The lowest BCUT2D eigenvalue weighted by molar-refractivity contribution is -0.141. The number of methoxy groups -OCH3 is 1. The number of carbonyl (C=O) groups excluding carboxylic acids is 1. The normalized spacial score (nSPS) is 13.5. The molecule has 0 aliphatic heterocycles. The molecule has 0 aliphatic rings. The van der Waals surface area contributed by atoms with E-state index in [9.17, 15) is 4.79 Å². The number of esters is 1. The predicted molar refractivity (Wildman–Crippen MR) is 84.9 cm³/mol. The zero-order chi connectivity index (χ0) is 15.2. The second kappa shape index (κ2) is 7.04. The summed E-state index contributed by atoms with van der Waals surface area (Å²) in [4.78, 5) is 11.5. The number of carbonyl (C=O) groups is 1. The van der Waals surface area contributed by atoms with Gasteiger partial charge < -0.3 is 10.5 Å². The van der Waals surface area contributed by atoms with Gasteiger partial charge in [0.25, 0.3) is 0 Å². The van der Waals surface area contributed by atoms with E-state index >= 15 is 0 Å². The molecule has 0 saturated carbocycles. The van der Waals surface area contributed by atoms with E-state index in [4.69, 9.17) is 10.5 Å². The van der Waals surface area contributed by atoms with E-state index in [1.807, 2.05) is 37.3 Å². The molecular weight excluding hydrogens is 262 g/mol. The van der Waals surface area contributed by atoms with Gasteiger partial charge in [-0.1, -0.05) is 54.6 Å². The second-order valence-electron chi connectivity index (χ2n) is 5.23. The maximum Gasteiger partial charge on any atom is 0.306 e. The standard InChI is InChI=1S/C18H21NO2/c1-13(19)17(12-18(20)21-2)16-10-8-15(9-11-16)14-6-4-3-5-7-14/h3-11,13,17H,12,19H2,1-2H3. The highest BCUT2D eigenvalue weighted by Crippen LogP contribution is 2.26. The summed E-state index contributed by atoms with van der Waals surface area (Å²) in [7, 11) is 1.40. The molecule has 3 nitrogen and oxygen atoms in total. The number of nitrogens with two attached hydrogens (primary N) is 1. The molecule has 0 amide bonds. The van der Waals surface area contributed by atoms with Gasteiger partial charge >= 0.3 is 5.97 Å². The molecule has 2 unspecified atom stereocenters. The minimum absolute atomic E-state index is 0.0257. The van der Waals surface area contributed by atoms with Crippen molar-refractivity contribution in [3.8, 4) is 11.1 Å². The first-order valence-corrected chi connectivity index (χ1v) is 7.09. The van der Waals surface area contributed by atoms with Gasteiger partial charge in [0.1, 0.15) is 0 Å². The summed E-state index contributed by atoms with van der Waals surface area (Å²) < 4.78 is 4.75. The van der Waals surface area contributed by atoms with E-state index in [-0.39, 0.29) is 17.9 Å². The van der Waals surface area contributed by atoms with E-state index in [0.29, 0.717) is 6.42 Å². The van der Waals surface area contributed by atoms with Crippen LogP contribution in [0.15, 0.2) is 54.6 Å². The van der Waals surface area contributed by atoms with Gasteiger partial charge in [0, 0.05) is 12.0 Å². The first-order valence-electron chi connectivity index (χ1n) is 7.09. The molecule has 2 rings (SSSR count). The van der Waals surface area contributed by atoms with Crippen LogP contribution in [0.25, 0.3) is 11.1 Å². The minimum atomic E-state index is -0.232. The van der Waals surface area contributed by atoms with E-state index in [1.165, 1.54) is 12.7 Å². The van der Waals surface area contributed by atoms with Crippen molar-refractivity contribution in [2.45, 2.75) is 25.3 Å². The molecule has 2 N–H and O–H groups in total. The van der Waals surface area contributed by atoms with Crippen molar-refractivity contribution >= 4 is 5.97 Å². The summed E-state index contributed by atoms with van der Waals surface area (Å²) in [6.07, 6.45) is 0.304. The molecule has 2 aromatic carbocycles. The SMILES string of the molecule is COC(=O)CC(c1ccc(-c2ccccc2)cc1)C(C)N. The maximum absolute atomic E-state index is 11.5. The van der Waals surface area contributed by atoms with Crippen molar-refractivity contribution in [1.29, 1.82) is 0 Å².